The Kier molecular flexibility index (Phi) is 5.73. The van der Waals surface area contributed by atoms with E-state index < -0.39 is 0 Å². The second kappa shape index (κ2) is 8.38. The zero-order valence-corrected chi connectivity index (χ0v) is 14.6. The smallest absolute Gasteiger partial charge is 0.257 e. The van der Waals surface area contributed by atoms with Gasteiger partial charge in [0.05, 0.1) is 0 Å². The van der Waals surface area contributed by atoms with E-state index >= 15 is 0 Å². The van der Waals surface area contributed by atoms with Gasteiger partial charge >= 0.3 is 0 Å². The van der Waals surface area contributed by atoms with Crippen LogP contribution in [0.25, 0.3) is 0 Å². The summed E-state index contributed by atoms with van der Waals surface area (Å²) in [7, 11) is 0. The number of carbonyl (C=O) groups excluding carboxylic acids is 2. The van der Waals surface area contributed by atoms with Crippen molar-refractivity contribution < 1.29 is 14.3 Å². The van der Waals surface area contributed by atoms with Crippen molar-refractivity contribution in [1.82, 2.24) is 5.32 Å². The zero-order chi connectivity index (χ0) is 18.4. The molecule has 0 bridgehead atoms. The summed E-state index contributed by atoms with van der Waals surface area (Å²) in [6.07, 6.45) is 2.24. The predicted molar refractivity (Wildman–Crippen MR) is 101 cm³/mol. The molecule has 3 rings (SSSR count). The lowest BCUT2D eigenvalue weighted by molar-refractivity contribution is -0.123. The Morgan fingerprint density at radius 1 is 1.12 bits per heavy atom. The fourth-order valence-electron chi connectivity index (χ4n) is 2.87. The molecule has 2 amide bonds. The van der Waals surface area contributed by atoms with E-state index in [1.807, 2.05) is 36.4 Å². The Balaban J connectivity index is 1.40. The summed E-state index contributed by atoms with van der Waals surface area (Å²) in [4.78, 5) is 25.4. The molecule has 0 spiro atoms. The molecule has 6 nitrogen and oxygen atoms in total. The third-order valence-corrected chi connectivity index (χ3v) is 4.31. The Hall–Kier alpha value is -3.02. The van der Waals surface area contributed by atoms with Gasteiger partial charge in [-0.25, -0.2) is 0 Å². The number of hydrogen-bond donors (Lipinski definition) is 2. The second-order valence-corrected chi connectivity index (χ2v) is 6.27. The van der Waals surface area contributed by atoms with Crippen molar-refractivity contribution in [2.24, 2.45) is 0 Å². The normalized spacial score (nSPS) is 13.7. The summed E-state index contributed by atoms with van der Waals surface area (Å²) >= 11 is 0. The highest BCUT2D eigenvalue weighted by Gasteiger charge is 2.21. The minimum atomic E-state index is -0.167. The maximum absolute atomic E-state index is 11.9. The van der Waals surface area contributed by atoms with Gasteiger partial charge in [0, 0.05) is 30.9 Å². The van der Waals surface area contributed by atoms with E-state index in [9.17, 15) is 9.59 Å². The van der Waals surface area contributed by atoms with Crippen LogP contribution in [0.5, 0.6) is 5.75 Å². The van der Waals surface area contributed by atoms with Crippen LogP contribution in [0.2, 0.25) is 0 Å². The Bertz CT molecular complexity index is 757. The Morgan fingerprint density at radius 3 is 2.50 bits per heavy atom. The number of hydrogen-bond acceptors (Lipinski definition) is 4. The molecule has 0 saturated carbocycles. The lowest BCUT2D eigenvalue weighted by Gasteiger charge is -2.16. The lowest BCUT2D eigenvalue weighted by Crippen LogP contribution is -2.30. The van der Waals surface area contributed by atoms with Crippen molar-refractivity contribution in [2.75, 3.05) is 30.3 Å². The number of nitrogens with two attached hydrogens (primary N) is 1. The molecule has 1 aliphatic heterocycles. The molecular formula is C20H23N3O3. The Morgan fingerprint density at radius 2 is 1.85 bits per heavy atom. The molecule has 2 aromatic carbocycles. The van der Waals surface area contributed by atoms with Crippen LogP contribution >= 0.6 is 0 Å². The molecule has 3 N–H and O–H groups in total. The van der Waals surface area contributed by atoms with Gasteiger partial charge in [0.2, 0.25) is 5.91 Å². The van der Waals surface area contributed by atoms with Gasteiger partial charge in [-0.3, -0.25) is 9.59 Å². The quantitative estimate of drug-likeness (QED) is 0.747. The first-order valence-electron chi connectivity index (χ1n) is 8.76. The molecule has 0 atom stereocenters. The van der Waals surface area contributed by atoms with Crippen molar-refractivity contribution in [1.29, 1.82) is 0 Å². The van der Waals surface area contributed by atoms with Gasteiger partial charge in [0.15, 0.2) is 6.61 Å². The van der Waals surface area contributed by atoms with Gasteiger partial charge in [-0.1, -0.05) is 12.1 Å². The van der Waals surface area contributed by atoms with E-state index in [1.165, 1.54) is 0 Å². The first-order valence-corrected chi connectivity index (χ1v) is 8.76. The number of carbonyl (C=O) groups is 2. The average Bonchev–Trinajstić information content (AvgIpc) is 3.08. The minimum absolute atomic E-state index is 0.0380. The zero-order valence-electron chi connectivity index (χ0n) is 14.6. The molecule has 1 heterocycles. The topological polar surface area (TPSA) is 84.7 Å². The van der Waals surface area contributed by atoms with E-state index in [0.29, 0.717) is 18.7 Å². The maximum atomic E-state index is 11.9. The number of nitrogens with one attached hydrogen (secondary N) is 1. The van der Waals surface area contributed by atoms with Gasteiger partial charge in [-0.05, 0) is 54.8 Å². The first kappa shape index (κ1) is 17.8. The number of amides is 2. The molecule has 6 heteroatoms. The number of nitrogens with zero attached hydrogens (tertiary/aromatic N) is 1. The third-order valence-electron chi connectivity index (χ3n) is 4.31. The van der Waals surface area contributed by atoms with E-state index in [0.717, 1.165) is 36.3 Å². The second-order valence-electron chi connectivity index (χ2n) is 6.27. The first-order chi connectivity index (χ1) is 12.6. The number of benzene rings is 2. The van der Waals surface area contributed by atoms with Crippen LogP contribution in [0.3, 0.4) is 0 Å². The highest BCUT2D eigenvalue weighted by Crippen LogP contribution is 2.23. The fourth-order valence-corrected chi connectivity index (χ4v) is 2.87. The largest absolute Gasteiger partial charge is 0.484 e. The van der Waals surface area contributed by atoms with Gasteiger partial charge < -0.3 is 20.7 Å². The fraction of sp³-hybridized carbons (Fsp3) is 0.300. The monoisotopic (exact) mass is 353 g/mol. The lowest BCUT2D eigenvalue weighted by atomic mass is 10.1. The average molecular weight is 353 g/mol. The highest BCUT2D eigenvalue weighted by atomic mass is 16.5. The number of anilines is 2. The maximum Gasteiger partial charge on any atom is 0.257 e. The van der Waals surface area contributed by atoms with Gasteiger partial charge in [0.1, 0.15) is 5.75 Å². The van der Waals surface area contributed by atoms with Crippen molar-refractivity contribution in [3.05, 3.63) is 54.1 Å². The minimum Gasteiger partial charge on any atom is -0.484 e. The molecule has 0 unspecified atom stereocenters. The summed E-state index contributed by atoms with van der Waals surface area (Å²) in [6.45, 7) is 1.27. The predicted octanol–water partition coefficient (Wildman–Crippen LogP) is 2.13. The van der Waals surface area contributed by atoms with Crippen LogP contribution in [0.1, 0.15) is 18.4 Å². The van der Waals surface area contributed by atoms with Crippen LogP contribution in [-0.4, -0.2) is 31.5 Å². The van der Waals surface area contributed by atoms with Crippen LogP contribution in [0.15, 0.2) is 48.5 Å². The molecule has 2 aromatic rings. The number of nitrogen functional groups attached to an aromatic ring is 1. The summed E-state index contributed by atoms with van der Waals surface area (Å²) in [5, 5.41) is 2.83. The van der Waals surface area contributed by atoms with Gasteiger partial charge in [0.25, 0.3) is 5.91 Å². The van der Waals surface area contributed by atoms with Crippen molar-refractivity contribution in [3.8, 4) is 5.75 Å². The molecule has 1 fully saturated rings. The summed E-state index contributed by atoms with van der Waals surface area (Å²) in [5.41, 5.74) is 8.36. The molecule has 136 valence electrons. The molecule has 0 radical (unpaired) electrons. The molecule has 0 aromatic heterocycles. The molecular weight excluding hydrogens is 330 g/mol. The van der Waals surface area contributed by atoms with E-state index in [1.54, 1.807) is 17.0 Å². The van der Waals surface area contributed by atoms with E-state index in [2.05, 4.69) is 5.32 Å². The van der Waals surface area contributed by atoms with E-state index in [4.69, 9.17) is 10.5 Å². The van der Waals surface area contributed by atoms with Crippen LogP contribution in [0, 0.1) is 0 Å². The van der Waals surface area contributed by atoms with Crippen molar-refractivity contribution in [3.63, 3.8) is 0 Å². The molecule has 1 saturated heterocycles. The van der Waals surface area contributed by atoms with E-state index in [-0.39, 0.29) is 18.4 Å². The number of ether oxygens (including phenoxy) is 1. The van der Waals surface area contributed by atoms with Crippen molar-refractivity contribution in [2.45, 2.75) is 19.3 Å². The summed E-state index contributed by atoms with van der Waals surface area (Å²) in [6, 6.07) is 14.8. The van der Waals surface area contributed by atoms with Gasteiger partial charge in [-0.2, -0.15) is 0 Å². The molecule has 1 aliphatic rings. The SMILES string of the molecule is Nc1ccc(CCNC(=O)COc2ccc(N3CCCC3=O)cc2)cc1. The van der Waals surface area contributed by atoms with Gasteiger partial charge in [-0.15, -0.1) is 0 Å². The Labute approximate surface area is 152 Å². The summed E-state index contributed by atoms with van der Waals surface area (Å²) < 4.78 is 5.50. The van der Waals surface area contributed by atoms with Crippen LogP contribution in [0.4, 0.5) is 11.4 Å². The van der Waals surface area contributed by atoms with Crippen LogP contribution in [-0.2, 0) is 16.0 Å². The van der Waals surface area contributed by atoms with Crippen LogP contribution < -0.4 is 20.7 Å². The third kappa shape index (κ3) is 4.75. The molecule has 26 heavy (non-hydrogen) atoms. The van der Waals surface area contributed by atoms with Crippen molar-refractivity contribution >= 4 is 23.2 Å². The standard InChI is InChI=1S/C20H23N3O3/c21-16-5-3-15(4-6-16)11-12-22-19(24)14-26-18-9-7-17(8-10-18)23-13-1-2-20(23)25/h3-10H,1-2,11-14,21H2,(H,22,24). The summed E-state index contributed by atoms with van der Waals surface area (Å²) in [5.74, 6) is 0.590. The highest BCUT2D eigenvalue weighted by molar-refractivity contribution is 5.95. The molecule has 0 aliphatic carbocycles. The number of rotatable bonds is 7.